The molecule has 0 amide bonds. The minimum Gasteiger partial charge on any atom is -0.433 e. The molecule has 0 radical (unpaired) electrons. The summed E-state index contributed by atoms with van der Waals surface area (Å²) in [5.74, 6) is -0.588. The van der Waals surface area contributed by atoms with Gasteiger partial charge in [-0.3, -0.25) is 0 Å². The summed E-state index contributed by atoms with van der Waals surface area (Å²) in [5, 5.41) is 0. The van der Waals surface area contributed by atoms with Crippen molar-refractivity contribution < 1.29 is 14.3 Å². The van der Waals surface area contributed by atoms with Crippen LogP contribution >= 0.6 is 0 Å². The van der Waals surface area contributed by atoms with Crippen molar-refractivity contribution in [3.05, 3.63) is 12.7 Å². The quantitative estimate of drug-likeness (QED) is 0.281. The van der Waals surface area contributed by atoms with E-state index in [2.05, 4.69) is 11.6 Å². The van der Waals surface area contributed by atoms with E-state index in [9.17, 15) is 9.59 Å². The Morgan fingerprint density at radius 2 is 2.38 bits per heavy atom. The van der Waals surface area contributed by atoms with Gasteiger partial charge in [-0.2, -0.15) is 4.99 Å². The van der Waals surface area contributed by atoms with Gasteiger partial charge >= 0.3 is 5.97 Å². The lowest BCUT2D eigenvalue weighted by Crippen LogP contribution is -2.28. The van der Waals surface area contributed by atoms with E-state index in [1.54, 1.807) is 6.92 Å². The van der Waals surface area contributed by atoms with Gasteiger partial charge in [0.1, 0.15) is 0 Å². The normalized spacial score (nSPS) is 13.7. The summed E-state index contributed by atoms with van der Waals surface area (Å²) in [6.07, 6.45) is 3.67. The number of hydrogen-bond donors (Lipinski definition) is 0. The van der Waals surface area contributed by atoms with E-state index in [1.165, 1.54) is 6.08 Å². The van der Waals surface area contributed by atoms with Crippen LogP contribution in [0, 0.1) is 0 Å². The molecule has 13 heavy (non-hydrogen) atoms. The third kappa shape index (κ3) is 4.23. The van der Waals surface area contributed by atoms with Crippen molar-refractivity contribution in [3.8, 4) is 0 Å². The Balaban J connectivity index is 4.48. The van der Waals surface area contributed by atoms with E-state index in [0.717, 1.165) is 12.5 Å². The van der Waals surface area contributed by atoms with E-state index in [1.807, 2.05) is 6.92 Å². The second-order valence-corrected chi connectivity index (χ2v) is 2.75. The van der Waals surface area contributed by atoms with Crippen molar-refractivity contribution in [1.29, 1.82) is 0 Å². The summed E-state index contributed by atoms with van der Waals surface area (Å²) in [4.78, 5) is 24.3. The van der Waals surface area contributed by atoms with Gasteiger partial charge in [0.15, 0.2) is 0 Å². The second-order valence-electron chi connectivity index (χ2n) is 2.75. The lowest BCUT2D eigenvalue weighted by molar-refractivity contribution is -0.151. The molecule has 0 aromatic rings. The average molecular weight is 183 g/mol. The zero-order valence-electron chi connectivity index (χ0n) is 7.87. The number of carbonyl (C=O) groups excluding carboxylic acids is 2. The van der Waals surface area contributed by atoms with Crippen molar-refractivity contribution in [2.45, 2.75) is 32.4 Å². The molecule has 0 bridgehead atoms. The number of aliphatic imine (C=N–C) groups is 1. The fourth-order valence-corrected chi connectivity index (χ4v) is 0.949. The number of isocyanates is 1. The molecule has 72 valence electrons. The summed E-state index contributed by atoms with van der Waals surface area (Å²) < 4.78 is 4.88. The fourth-order valence-electron chi connectivity index (χ4n) is 0.949. The second kappa shape index (κ2) is 5.27. The SMILES string of the molecule is C=CC(=O)OC(C)(CCC)N=C=O. The topological polar surface area (TPSA) is 55.7 Å². The first-order valence-electron chi connectivity index (χ1n) is 4.02. The van der Waals surface area contributed by atoms with Crippen molar-refractivity contribution >= 4 is 12.0 Å². The summed E-state index contributed by atoms with van der Waals surface area (Å²) in [5.41, 5.74) is -1.10. The van der Waals surface area contributed by atoms with Crippen LogP contribution in [-0.2, 0) is 14.3 Å². The van der Waals surface area contributed by atoms with Crippen LogP contribution in [0.15, 0.2) is 17.6 Å². The largest absolute Gasteiger partial charge is 0.433 e. The maximum absolute atomic E-state index is 10.8. The molecular weight excluding hydrogens is 170 g/mol. The van der Waals surface area contributed by atoms with Crippen LogP contribution in [0.2, 0.25) is 0 Å². The molecule has 0 aliphatic rings. The summed E-state index contributed by atoms with van der Waals surface area (Å²) in [6, 6.07) is 0. The Bertz CT molecular complexity index is 243. The Morgan fingerprint density at radius 3 is 2.77 bits per heavy atom. The van der Waals surface area contributed by atoms with Crippen molar-refractivity contribution in [3.63, 3.8) is 0 Å². The van der Waals surface area contributed by atoms with E-state index in [4.69, 9.17) is 4.74 Å². The average Bonchev–Trinajstić information content (AvgIpc) is 2.04. The number of rotatable bonds is 5. The number of hydrogen-bond acceptors (Lipinski definition) is 4. The molecule has 4 heteroatoms. The van der Waals surface area contributed by atoms with Crippen LogP contribution in [0.3, 0.4) is 0 Å². The van der Waals surface area contributed by atoms with Crippen molar-refractivity contribution in [2.75, 3.05) is 0 Å². The van der Waals surface area contributed by atoms with Crippen LogP contribution in [-0.4, -0.2) is 17.8 Å². The van der Waals surface area contributed by atoms with Crippen molar-refractivity contribution in [1.82, 2.24) is 0 Å². The molecule has 0 saturated carbocycles. The highest BCUT2D eigenvalue weighted by Gasteiger charge is 2.25. The van der Waals surface area contributed by atoms with E-state index in [-0.39, 0.29) is 0 Å². The smallest absolute Gasteiger partial charge is 0.332 e. The molecule has 0 saturated heterocycles. The highest BCUT2D eigenvalue weighted by Crippen LogP contribution is 2.18. The van der Waals surface area contributed by atoms with Crippen molar-refractivity contribution in [2.24, 2.45) is 4.99 Å². The molecule has 0 fully saturated rings. The molecule has 0 N–H and O–H groups in total. The van der Waals surface area contributed by atoms with Gasteiger partial charge in [-0.15, -0.1) is 0 Å². The highest BCUT2D eigenvalue weighted by atomic mass is 16.6. The maximum Gasteiger partial charge on any atom is 0.332 e. The Kier molecular flexibility index (Phi) is 4.70. The lowest BCUT2D eigenvalue weighted by atomic mass is 10.1. The first-order valence-corrected chi connectivity index (χ1v) is 4.02. The Morgan fingerprint density at radius 1 is 1.77 bits per heavy atom. The number of carbonyl (C=O) groups is 1. The zero-order valence-corrected chi connectivity index (χ0v) is 7.87. The molecule has 1 unspecified atom stereocenters. The van der Waals surface area contributed by atoms with Crippen LogP contribution in [0.25, 0.3) is 0 Å². The molecule has 0 spiro atoms. The van der Waals surface area contributed by atoms with Gasteiger partial charge in [0.05, 0.1) is 0 Å². The van der Waals surface area contributed by atoms with Gasteiger partial charge in [-0.1, -0.05) is 19.9 Å². The first kappa shape index (κ1) is 11.6. The predicted octanol–water partition coefficient (Wildman–Crippen LogP) is 1.57. The van der Waals surface area contributed by atoms with Crippen LogP contribution < -0.4 is 0 Å². The number of nitrogens with zero attached hydrogens (tertiary/aromatic N) is 1. The molecule has 4 nitrogen and oxygen atoms in total. The standard InChI is InChI=1S/C9H13NO3/c1-4-6-9(3,10-7-11)13-8(12)5-2/h5H,2,4,6H2,1,3H3. The molecule has 1 atom stereocenters. The zero-order chi connectivity index (χ0) is 10.3. The Labute approximate surface area is 77.3 Å². The molecule has 0 aliphatic heterocycles. The molecule has 0 rings (SSSR count). The van der Waals surface area contributed by atoms with Crippen LogP contribution in [0.5, 0.6) is 0 Å². The predicted molar refractivity (Wildman–Crippen MR) is 47.7 cm³/mol. The summed E-state index contributed by atoms with van der Waals surface area (Å²) in [6.45, 7) is 6.71. The third-order valence-electron chi connectivity index (χ3n) is 1.48. The van der Waals surface area contributed by atoms with Gasteiger partial charge in [0.2, 0.25) is 11.8 Å². The van der Waals surface area contributed by atoms with Gasteiger partial charge in [-0.25, -0.2) is 9.59 Å². The monoisotopic (exact) mass is 183 g/mol. The van der Waals surface area contributed by atoms with E-state index in [0.29, 0.717) is 6.42 Å². The first-order chi connectivity index (χ1) is 6.08. The molecule has 0 aliphatic carbocycles. The molecule has 0 heterocycles. The summed E-state index contributed by atoms with van der Waals surface area (Å²) in [7, 11) is 0. The minimum atomic E-state index is -1.10. The lowest BCUT2D eigenvalue weighted by Gasteiger charge is -2.21. The molecule has 0 aromatic carbocycles. The van der Waals surface area contributed by atoms with Gasteiger partial charge in [0, 0.05) is 12.5 Å². The maximum atomic E-state index is 10.8. The minimum absolute atomic E-state index is 0.488. The third-order valence-corrected chi connectivity index (χ3v) is 1.48. The van der Waals surface area contributed by atoms with Crippen LogP contribution in [0.4, 0.5) is 0 Å². The van der Waals surface area contributed by atoms with E-state index < -0.39 is 11.7 Å². The Hall–Kier alpha value is -1.41. The van der Waals surface area contributed by atoms with Gasteiger partial charge in [-0.05, 0) is 6.92 Å². The highest BCUT2D eigenvalue weighted by molar-refractivity contribution is 5.81. The van der Waals surface area contributed by atoms with Crippen LogP contribution in [0.1, 0.15) is 26.7 Å². The number of ether oxygens (including phenoxy) is 1. The number of esters is 1. The fraction of sp³-hybridized carbons (Fsp3) is 0.556. The van der Waals surface area contributed by atoms with Gasteiger partial charge < -0.3 is 4.74 Å². The van der Waals surface area contributed by atoms with E-state index >= 15 is 0 Å². The molecule has 0 aromatic heterocycles. The molecular formula is C9H13NO3. The van der Waals surface area contributed by atoms with Gasteiger partial charge in [0.25, 0.3) is 0 Å². The summed E-state index contributed by atoms with van der Waals surface area (Å²) >= 11 is 0.